The second-order valence-corrected chi connectivity index (χ2v) is 7.03. The molecule has 1 aromatic carbocycles. The van der Waals surface area contributed by atoms with Gasteiger partial charge in [-0.05, 0) is 12.0 Å². The fourth-order valence-electron chi connectivity index (χ4n) is 1.71. The number of nitrogens with two attached hydrogens (primary N) is 1. The van der Waals surface area contributed by atoms with Gasteiger partial charge in [-0.1, -0.05) is 6.92 Å². The van der Waals surface area contributed by atoms with Crippen molar-refractivity contribution in [3.63, 3.8) is 0 Å². The molecular formula is C9H13N3O7S2. The summed E-state index contributed by atoms with van der Waals surface area (Å²) in [7, 11) is -8.30. The van der Waals surface area contributed by atoms with E-state index in [4.69, 9.17) is 9.69 Å². The lowest BCUT2D eigenvalue weighted by molar-refractivity contribution is -0.385. The molecule has 0 atom stereocenters. The van der Waals surface area contributed by atoms with Gasteiger partial charge in [0.1, 0.15) is 4.90 Å². The number of nitrogens with zero attached hydrogens (tertiary/aromatic N) is 2. The largest absolute Gasteiger partial charge is 0.359 e. The Kier molecular flexibility index (Phi) is 4.57. The second kappa shape index (κ2) is 5.55. The molecule has 0 saturated heterocycles. The predicted molar refractivity (Wildman–Crippen MR) is 73.8 cm³/mol. The minimum absolute atomic E-state index is 0.0355. The Morgan fingerprint density at radius 3 is 2.19 bits per heavy atom. The van der Waals surface area contributed by atoms with Gasteiger partial charge in [0.15, 0.2) is 0 Å². The third-order valence-electron chi connectivity index (χ3n) is 2.70. The van der Waals surface area contributed by atoms with Crippen LogP contribution in [0.5, 0.6) is 0 Å². The summed E-state index contributed by atoms with van der Waals surface area (Å²) in [5.41, 5.74) is -0.940. The second-order valence-electron chi connectivity index (χ2n) is 4.05. The van der Waals surface area contributed by atoms with Gasteiger partial charge in [0.05, 0.1) is 10.6 Å². The molecule has 0 fully saturated rings. The molecule has 0 aliphatic heterocycles. The summed E-state index contributed by atoms with van der Waals surface area (Å²) in [6.07, 6.45) is 0.0827. The maximum Gasteiger partial charge on any atom is 0.359 e. The Morgan fingerprint density at radius 2 is 1.86 bits per heavy atom. The molecule has 3 N–H and O–H groups in total. The molecule has 0 aromatic heterocycles. The Morgan fingerprint density at radius 1 is 1.33 bits per heavy atom. The molecule has 1 rings (SSSR count). The smallest absolute Gasteiger partial charge is 0.269 e. The molecule has 12 heteroatoms. The average Bonchev–Trinajstić information content (AvgIpc) is 2.33. The third-order valence-corrected chi connectivity index (χ3v) is 4.50. The molecule has 0 aliphatic carbocycles. The molecule has 0 heterocycles. The van der Waals surface area contributed by atoms with Gasteiger partial charge in [0.25, 0.3) is 5.69 Å². The van der Waals surface area contributed by atoms with Crippen LogP contribution in [0.25, 0.3) is 0 Å². The van der Waals surface area contributed by atoms with Crippen LogP contribution in [0.2, 0.25) is 0 Å². The first-order chi connectivity index (χ1) is 9.39. The van der Waals surface area contributed by atoms with E-state index in [9.17, 15) is 26.9 Å². The summed E-state index contributed by atoms with van der Waals surface area (Å²) in [5.74, 6) is 0. The number of primary sulfonamides is 1. The lowest BCUT2D eigenvalue weighted by atomic mass is 10.1. The zero-order chi connectivity index (χ0) is 16.6. The highest BCUT2D eigenvalue weighted by Crippen LogP contribution is 2.34. The molecule has 0 spiro atoms. The SMILES string of the molecule is CCc1cc([N+](=O)[O-])cc(S(N)(=O)=O)c1N(C)S(=O)(=O)O. The van der Waals surface area contributed by atoms with Gasteiger partial charge in [-0.15, -0.1) is 0 Å². The van der Waals surface area contributed by atoms with Crippen molar-refractivity contribution in [2.24, 2.45) is 5.14 Å². The van der Waals surface area contributed by atoms with E-state index in [2.05, 4.69) is 0 Å². The first-order valence-electron chi connectivity index (χ1n) is 5.45. The van der Waals surface area contributed by atoms with Gasteiger partial charge in [0.2, 0.25) is 10.0 Å². The summed E-state index contributed by atoms with van der Waals surface area (Å²) in [4.78, 5) is 9.23. The Labute approximate surface area is 121 Å². The molecule has 10 nitrogen and oxygen atoms in total. The molecule has 21 heavy (non-hydrogen) atoms. The van der Waals surface area contributed by atoms with Crippen LogP contribution >= 0.6 is 0 Å². The minimum atomic E-state index is -4.76. The van der Waals surface area contributed by atoms with Crippen molar-refractivity contribution in [1.29, 1.82) is 0 Å². The Hall–Kier alpha value is -1.76. The van der Waals surface area contributed by atoms with Gasteiger partial charge in [-0.2, -0.15) is 8.42 Å². The standard InChI is InChI=1S/C9H13N3O7S2/c1-3-6-4-7(12(13)14)5-8(20(10,15)16)9(6)11(2)21(17,18)19/h4-5H,3H2,1-2H3,(H2,10,15,16)(H,17,18,19). The summed E-state index contributed by atoms with van der Waals surface area (Å²) in [6, 6.07) is 1.66. The van der Waals surface area contributed by atoms with E-state index in [0.717, 1.165) is 13.1 Å². The van der Waals surface area contributed by atoms with Crippen LogP contribution in [-0.4, -0.2) is 33.4 Å². The number of nitro benzene ring substituents is 1. The number of rotatable bonds is 5. The van der Waals surface area contributed by atoms with Crippen molar-refractivity contribution in [2.75, 3.05) is 11.4 Å². The van der Waals surface area contributed by atoms with Gasteiger partial charge in [0, 0.05) is 19.2 Å². The first-order valence-corrected chi connectivity index (χ1v) is 8.39. The fourth-order valence-corrected chi connectivity index (χ4v) is 3.04. The van der Waals surface area contributed by atoms with Crippen molar-refractivity contribution in [2.45, 2.75) is 18.2 Å². The van der Waals surface area contributed by atoms with Crippen molar-refractivity contribution in [3.05, 3.63) is 27.8 Å². The van der Waals surface area contributed by atoms with Crippen molar-refractivity contribution >= 4 is 31.7 Å². The van der Waals surface area contributed by atoms with Crippen molar-refractivity contribution in [1.82, 2.24) is 0 Å². The van der Waals surface area contributed by atoms with Crippen LogP contribution in [0.15, 0.2) is 17.0 Å². The molecule has 118 valence electrons. The third kappa shape index (κ3) is 3.66. The highest BCUT2D eigenvalue weighted by molar-refractivity contribution is 7.89. The van der Waals surface area contributed by atoms with Gasteiger partial charge >= 0.3 is 10.3 Å². The van der Waals surface area contributed by atoms with E-state index in [1.807, 2.05) is 0 Å². The molecule has 0 saturated carbocycles. The highest BCUT2D eigenvalue weighted by atomic mass is 32.2. The van der Waals surface area contributed by atoms with Crippen molar-refractivity contribution < 1.29 is 26.3 Å². The summed E-state index contributed by atoms with van der Waals surface area (Å²) >= 11 is 0. The molecular weight excluding hydrogens is 326 g/mol. The summed E-state index contributed by atoms with van der Waals surface area (Å²) < 4.78 is 54.9. The average molecular weight is 339 g/mol. The Balaban J connectivity index is 3.88. The number of non-ortho nitro benzene ring substituents is 1. The number of nitro groups is 1. The lowest BCUT2D eigenvalue weighted by Gasteiger charge is -2.21. The molecule has 0 bridgehead atoms. The maximum absolute atomic E-state index is 11.6. The molecule has 0 amide bonds. The summed E-state index contributed by atoms with van der Waals surface area (Å²) in [6.45, 7) is 1.54. The molecule has 0 aliphatic rings. The van der Waals surface area contributed by atoms with Crippen LogP contribution in [0, 0.1) is 10.1 Å². The highest BCUT2D eigenvalue weighted by Gasteiger charge is 2.28. The molecule has 0 unspecified atom stereocenters. The molecule has 0 radical (unpaired) electrons. The van der Waals surface area contributed by atoms with Crippen LogP contribution in [0.3, 0.4) is 0 Å². The first kappa shape index (κ1) is 17.3. The van der Waals surface area contributed by atoms with Crippen LogP contribution in [0.1, 0.15) is 12.5 Å². The number of benzene rings is 1. The lowest BCUT2D eigenvalue weighted by Crippen LogP contribution is -2.29. The van der Waals surface area contributed by atoms with E-state index >= 15 is 0 Å². The van der Waals surface area contributed by atoms with Crippen LogP contribution < -0.4 is 9.44 Å². The van der Waals surface area contributed by atoms with E-state index in [1.54, 1.807) is 0 Å². The fraction of sp³-hybridized carbons (Fsp3) is 0.333. The normalized spacial score (nSPS) is 12.2. The van der Waals surface area contributed by atoms with Gasteiger partial charge < -0.3 is 0 Å². The van der Waals surface area contributed by atoms with E-state index in [0.29, 0.717) is 10.4 Å². The number of sulfonamides is 1. The quantitative estimate of drug-likeness (QED) is 0.435. The zero-order valence-electron chi connectivity index (χ0n) is 11.0. The van der Waals surface area contributed by atoms with Crippen LogP contribution in [0.4, 0.5) is 11.4 Å². The topological polar surface area (TPSA) is 161 Å². The Bertz CT molecular complexity index is 786. The monoisotopic (exact) mass is 339 g/mol. The number of hydrogen-bond donors (Lipinski definition) is 2. The maximum atomic E-state index is 11.6. The minimum Gasteiger partial charge on any atom is -0.269 e. The van der Waals surface area contributed by atoms with E-state index in [1.165, 1.54) is 6.92 Å². The van der Waals surface area contributed by atoms with Crippen LogP contribution in [-0.2, 0) is 26.7 Å². The van der Waals surface area contributed by atoms with Crippen molar-refractivity contribution in [3.8, 4) is 0 Å². The summed E-state index contributed by atoms with van der Waals surface area (Å²) in [5, 5.41) is 15.8. The van der Waals surface area contributed by atoms with E-state index in [-0.39, 0.29) is 12.0 Å². The van der Waals surface area contributed by atoms with E-state index < -0.39 is 41.5 Å². The number of aryl methyl sites for hydroxylation is 1. The van der Waals surface area contributed by atoms with Gasteiger partial charge in [-0.25, -0.2) is 17.9 Å². The zero-order valence-corrected chi connectivity index (χ0v) is 12.7. The molecule has 1 aromatic rings. The van der Waals surface area contributed by atoms with Gasteiger partial charge in [-0.3, -0.25) is 14.7 Å². The number of hydrogen-bond acceptors (Lipinski definition) is 6. The number of anilines is 1. The predicted octanol–water partition coefficient (Wildman–Crippen LogP) is 0.0436.